The number of nitrogens with one attached hydrogen (secondary N) is 2. The van der Waals surface area contributed by atoms with Gasteiger partial charge in [0.2, 0.25) is 5.91 Å². The Morgan fingerprint density at radius 1 is 1.11 bits per heavy atom. The average molecular weight is 374 g/mol. The molecule has 0 bridgehead atoms. The maximum absolute atomic E-state index is 13.6. The van der Waals surface area contributed by atoms with Gasteiger partial charge in [-0.3, -0.25) is 9.59 Å². The summed E-state index contributed by atoms with van der Waals surface area (Å²) in [4.78, 5) is 24.1. The van der Waals surface area contributed by atoms with Gasteiger partial charge in [0, 0.05) is 24.7 Å². The Morgan fingerprint density at radius 3 is 2.52 bits per heavy atom. The fourth-order valence-corrected chi connectivity index (χ4v) is 2.76. The summed E-state index contributed by atoms with van der Waals surface area (Å²) in [5.74, 6) is -2.14. The Balaban J connectivity index is 1.84. The Hall–Kier alpha value is -2.76. The van der Waals surface area contributed by atoms with Crippen LogP contribution in [0.2, 0.25) is 0 Å². The van der Waals surface area contributed by atoms with Crippen LogP contribution >= 0.6 is 0 Å². The first-order valence-corrected chi connectivity index (χ1v) is 8.92. The van der Waals surface area contributed by atoms with Crippen molar-refractivity contribution in [1.82, 2.24) is 5.32 Å². The first-order chi connectivity index (χ1) is 12.8. The number of benzene rings is 2. The SMILES string of the molecule is Cc1cccc(C(C)C)c1NC(=O)CCCNC(=O)c1ccc(F)cc1F. The van der Waals surface area contributed by atoms with Gasteiger partial charge in [-0.25, -0.2) is 8.78 Å². The zero-order valence-electron chi connectivity index (χ0n) is 15.7. The van der Waals surface area contributed by atoms with Crippen LogP contribution in [0.15, 0.2) is 36.4 Å². The van der Waals surface area contributed by atoms with Crippen molar-refractivity contribution >= 4 is 17.5 Å². The molecular weight excluding hydrogens is 350 g/mol. The largest absolute Gasteiger partial charge is 0.352 e. The van der Waals surface area contributed by atoms with E-state index in [1.807, 2.05) is 25.1 Å². The third-order valence-electron chi connectivity index (χ3n) is 4.23. The minimum absolute atomic E-state index is 0.145. The van der Waals surface area contributed by atoms with Crippen molar-refractivity contribution in [2.45, 2.75) is 39.5 Å². The van der Waals surface area contributed by atoms with Crippen molar-refractivity contribution in [3.8, 4) is 0 Å². The van der Waals surface area contributed by atoms with Gasteiger partial charge in [0.25, 0.3) is 5.91 Å². The predicted molar refractivity (Wildman–Crippen MR) is 102 cm³/mol. The number of rotatable bonds is 7. The molecule has 2 rings (SSSR count). The van der Waals surface area contributed by atoms with E-state index in [1.54, 1.807) is 0 Å². The lowest BCUT2D eigenvalue weighted by Crippen LogP contribution is -2.26. The standard InChI is InChI=1S/C21H24F2N2O2/c1-13(2)16-7-4-6-14(3)20(16)25-19(26)8-5-11-24-21(27)17-10-9-15(22)12-18(17)23/h4,6-7,9-10,12-13H,5,8,11H2,1-3H3,(H,24,27)(H,25,26). The quantitative estimate of drug-likeness (QED) is 0.699. The van der Waals surface area contributed by atoms with Gasteiger partial charge in [-0.1, -0.05) is 32.0 Å². The third kappa shape index (κ3) is 5.61. The van der Waals surface area contributed by atoms with Crippen molar-refractivity contribution in [2.75, 3.05) is 11.9 Å². The summed E-state index contributed by atoms with van der Waals surface area (Å²) < 4.78 is 26.4. The molecular formula is C21H24F2N2O2. The molecule has 0 aliphatic heterocycles. The van der Waals surface area contributed by atoms with Crippen molar-refractivity contribution in [2.24, 2.45) is 0 Å². The van der Waals surface area contributed by atoms with Crippen LogP contribution in [0, 0.1) is 18.6 Å². The molecule has 0 aromatic heterocycles. The van der Waals surface area contributed by atoms with E-state index in [1.165, 1.54) is 0 Å². The van der Waals surface area contributed by atoms with Gasteiger partial charge in [0.15, 0.2) is 0 Å². The van der Waals surface area contributed by atoms with Crippen LogP contribution in [0.1, 0.15) is 54.1 Å². The normalized spacial score (nSPS) is 10.7. The van der Waals surface area contributed by atoms with Gasteiger partial charge in [-0.15, -0.1) is 0 Å². The van der Waals surface area contributed by atoms with Gasteiger partial charge < -0.3 is 10.6 Å². The molecule has 0 atom stereocenters. The summed E-state index contributed by atoms with van der Waals surface area (Å²) in [6, 6.07) is 8.68. The molecule has 6 heteroatoms. The number of para-hydroxylation sites is 1. The monoisotopic (exact) mass is 374 g/mol. The number of halogens is 2. The summed E-state index contributed by atoms with van der Waals surface area (Å²) in [5.41, 5.74) is 2.68. The van der Waals surface area contributed by atoms with Crippen molar-refractivity contribution in [3.63, 3.8) is 0 Å². The molecule has 0 saturated heterocycles. The highest BCUT2D eigenvalue weighted by Crippen LogP contribution is 2.27. The van der Waals surface area contributed by atoms with E-state index in [2.05, 4.69) is 24.5 Å². The number of hydrogen-bond donors (Lipinski definition) is 2. The predicted octanol–water partition coefficient (Wildman–Crippen LogP) is 4.55. The summed E-state index contributed by atoms with van der Waals surface area (Å²) in [6.45, 7) is 6.29. The molecule has 27 heavy (non-hydrogen) atoms. The average Bonchev–Trinajstić information content (AvgIpc) is 2.60. The van der Waals surface area contributed by atoms with Crippen molar-refractivity contribution in [3.05, 3.63) is 64.7 Å². The number of amides is 2. The van der Waals surface area contributed by atoms with Crippen LogP contribution in [0.3, 0.4) is 0 Å². The zero-order chi connectivity index (χ0) is 20.0. The zero-order valence-corrected chi connectivity index (χ0v) is 15.7. The molecule has 0 saturated carbocycles. The molecule has 0 heterocycles. The maximum Gasteiger partial charge on any atom is 0.254 e. The molecule has 2 aromatic rings. The van der Waals surface area contributed by atoms with E-state index < -0.39 is 17.5 Å². The molecule has 2 N–H and O–H groups in total. The van der Waals surface area contributed by atoms with E-state index >= 15 is 0 Å². The van der Waals surface area contributed by atoms with Crippen LogP contribution < -0.4 is 10.6 Å². The van der Waals surface area contributed by atoms with Gasteiger partial charge >= 0.3 is 0 Å². The number of carbonyl (C=O) groups excluding carboxylic acids is 2. The minimum atomic E-state index is -0.911. The maximum atomic E-state index is 13.6. The summed E-state index contributed by atoms with van der Waals surface area (Å²) >= 11 is 0. The van der Waals surface area contributed by atoms with E-state index in [0.29, 0.717) is 12.5 Å². The van der Waals surface area contributed by atoms with Gasteiger partial charge in [0.05, 0.1) is 5.56 Å². The summed E-state index contributed by atoms with van der Waals surface area (Å²) in [5, 5.41) is 5.48. The molecule has 0 aliphatic rings. The van der Waals surface area contributed by atoms with E-state index in [0.717, 1.165) is 28.9 Å². The minimum Gasteiger partial charge on any atom is -0.352 e. The summed E-state index contributed by atoms with van der Waals surface area (Å²) in [7, 11) is 0. The Labute approximate surface area is 158 Å². The van der Waals surface area contributed by atoms with Crippen molar-refractivity contribution < 1.29 is 18.4 Å². The second-order valence-electron chi connectivity index (χ2n) is 6.73. The van der Waals surface area contributed by atoms with E-state index in [9.17, 15) is 18.4 Å². The van der Waals surface area contributed by atoms with Crippen LogP contribution in [0.5, 0.6) is 0 Å². The van der Waals surface area contributed by atoms with E-state index in [-0.39, 0.29) is 30.4 Å². The third-order valence-corrected chi connectivity index (χ3v) is 4.23. The Bertz CT molecular complexity index is 835. The Kier molecular flexibility index (Phi) is 7.05. The molecule has 0 radical (unpaired) electrons. The fourth-order valence-electron chi connectivity index (χ4n) is 2.76. The second kappa shape index (κ2) is 9.26. The fraction of sp³-hybridized carbons (Fsp3) is 0.333. The first-order valence-electron chi connectivity index (χ1n) is 8.92. The molecule has 2 aromatic carbocycles. The highest BCUT2D eigenvalue weighted by atomic mass is 19.1. The van der Waals surface area contributed by atoms with Gasteiger partial charge in [-0.2, -0.15) is 0 Å². The van der Waals surface area contributed by atoms with Crippen LogP contribution in [-0.4, -0.2) is 18.4 Å². The van der Waals surface area contributed by atoms with Crippen LogP contribution in [0.25, 0.3) is 0 Å². The lowest BCUT2D eigenvalue weighted by Gasteiger charge is -2.16. The second-order valence-corrected chi connectivity index (χ2v) is 6.73. The number of anilines is 1. The van der Waals surface area contributed by atoms with Crippen LogP contribution in [-0.2, 0) is 4.79 Å². The van der Waals surface area contributed by atoms with Crippen LogP contribution in [0.4, 0.5) is 14.5 Å². The number of aryl methyl sites for hydroxylation is 1. The van der Waals surface area contributed by atoms with Crippen molar-refractivity contribution in [1.29, 1.82) is 0 Å². The molecule has 0 spiro atoms. The molecule has 0 unspecified atom stereocenters. The number of carbonyl (C=O) groups is 2. The lowest BCUT2D eigenvalue weighted by atomic mass is 9.98. The topological polar surface area (TPSA) is 58.2 Å². The molecule has 0 fully saturated rings. The smallest absolute Gasteiger partial charge is 0.254 e. The lowest BCUT2D eigenvalue weighted by molar-refractivity contribution is -0.116. The molecule has 4 nitrogen and oxygen atoms in total. The van der Waals surface area contributed by atoms with Gasteiger partial charge in [0.1, 0.15) is 11.6 Å². The molecule has 2 amide bonds. The summed E-state index contributed by atoms with van der Waals surface area (Å²) in [6.07, 6.45) is 0.626. The Morgan fingerprint density at radius 2 is 1.85 bits per heavy atom. The molecule has 144 valence electrons. The number of hydrogen-bond acceptors (Lipinski definition) is 2. The molecule has 0 aliphatic carbocycles. The highest BCUT2D eigenvalue weighted by Gasteiger charge is 2.14. The van der Waals surface area contributed by atoms with Gasteiger partial charge in [-0.05, 0) is 42.5 Å². The highest BCUT2D eigenvalue weighted by molar-refractivity contribution is 5.94. The first kappa shape index (κ1) is 20.6. The van der Waals surface area contributed by atoms with E-state index in [4.69, 9.17) is 0 Å².